The minimum absolute atomic E-state index is 0.275. The number of ether oxygens (including phenoxy) is 2. The normalized spacial score (nSPS) is 19.5. The van der Waals surface area contributed by atoms with E-state index in [1.807, 2.05) is 60.7 Å². The van der Waals surface area contributed by atoms with Gasteiger partial charge in [-0.1, -0.05) is 60.7 Å². The van der Waals surface area contributed by atoms with Gasteiger partial charge in [0.15, 0.2) is 22.8 Å². The number of fused-ring (bicyclic) bond motifs is 1. The van der Waals surface area contributed by atoms with Gasteiger partial charge in [0.1, 0.15) is 0 Å². The summed E-state index contributed by atoms with van der Waals surface area (Å²) >= 11 is 0. The second-order valence-electron chi connectivity index (χ2n) is 8.39. The molecule has 1 fully saturated rings. The number of imide groups is 1. The molecule has 1 atom stereocenters. The highest BCUT2D eigenvalue weighted by molar-refractivity contribution is 6.11. The Kier molecular flexibility index (Phi) is 5.76. The van der Waals surface area contributed by atoms with Gasteiger partial charge in [-0.15, -0.1) is 0 Å². The van der Waals surface area contributed by atoms with Crippen molar-refractivity contribution in [1.82, 2.24) is 10.2 Å². The molecule has 1 saturated heterocycles. The van der Waals surface area contributed by atoms with Crippen molar-refractivity contribution in [3.05, 3.63) is 95.6 Å². The first-order valence-corrected chi connectivity index (χ1v) is 11.2. The predicted octanol–water partition coefficient (Wildman–Crippen LogP) is 3.72. The molecule has 3 aromatic carbocycles. The van der Waals surface area contributed by atoms with E-state index in [9.17, 15) is 14.4 Å². The van der Waals surface area contributed by atoms with Gasteiger partial charge in [-0.25, -0.2) is 4.79 Å². The summed E-state index contributed by atoms with van der Waals surface area (Å²) < 4.78 is 11.3. The molecule has 1 N–H and O–H groups in total. The zero-order valence-corrected chi connectivity index (χ0v) is 18.5. The van der Waals surface area contributed by atoms with Crippen LogP contribution in [0.1, 0.15) is 27.9 Å². The van der Waals surface area contributed by atoms with Crippen LogP contribution < -0.4 is 14.8 Å². The lowest BCUT2D eigenvalue weighted by atomic mass is 9.83. The lowest BCUT2D eigenvalue weighted by molar-refractivity contribution is -0.131. The third-order valence-corrected chi connectivity index (χ3v) is 6.13. The van der Waals surface area contributed by atoms with Crippen LogP contribution >= 0.6 is 0 Å². The molecule has 172 valence electrons. The smallest absolute Gasteiger partial charge is 0.325 e. The Hall–Kier alpha value is -4.13. The van der Waals surface area contributed by atoms with Crippen molar-refractivity contribution in [2.24, 2.45) is 0 Å². The maximum atomic E-state index is 13.7. The van der Waals surface area contributed by atoms with Crippen LogP contribution in [0.25, 0.3) is 0 Å². The lowest BCUT2D eigenvalue weighted by Crippen LogP contribution is -2.46. The number of hydrogen-bond acceptors (Lipinski definition) is 5. The van der Waals surface area contributed by atoms with Crippen molar-refractivity contribution in [1.29, 1.82) is 0 Å². The molecule has 0 aromatic heterocycles. The Labute approximate surface area is 197 Å². The number of hydrogen-bond donors (Lipinski definition) is 1. The van der Waals surface area contributed by atoms with Gasteiger partial charge in [0.05, 0.1) is 19.8 Å². The fraction of sp³-hybridized carbons (Fsp3) is 0.222. The van der Waals surface area contributed by atoms with Crippen molar-refractivity contribution in [2.45, 2.75) is 18.4 Å². The Morgan fingerprint density at radius 1 is 0.882 bits per heavy atom. The quantitative estimate of drug-likeness (QED) is 0.451. The summed E-state index contributed by atoms with van der Waals surface area (Å²) in [5.74, 6) is 0.260. The summed E-state index contributed by atoms with van der Waals surface area (Å²) in [5.41, 5.74) is 0.633. The molecule has 0 radical (unpaired) electrons. The minimum Gasteiger partial charge on any atom is -0.490 e. The van der Waals surface area contributed by atoms with Crippen LogP contribution in [-0.2, 0) is 16.8 Å². The number of amides is 3. The molecule has 2 heterocycles. The molecule has 3 aromatic rings. The molecule has 0 saturated carbocycles. The van der Waals surface area contributed by atoms with E-state index in [-0.39, 0.29) is 18.7 Å². The van der Waals surface area contributed by atoms with Gasteiger partial charge in [-0.2, -0.15) is 0 Å². The average molecular weight is 456 g/mol. The molecule has 2 aliphatic rings. The van der Waals surface area contributed by atoms with Crippen LogP contribution in [0, 0.1) is 0 Å². The van der Waals surface area contributed by atoms with Gasteiger partial charge >= 0.3 is 6.03 Å². The fourth-order valence-corrected chi connectivity index (χ4v) is 4.38. The number of nitrogens with zero attached hydrogens (tertiary/aromatic N) is 1. The predicted molar refractivity (Wildman–Crippen MR) is 125 cm³/mol. The molecule has 3 amide bonds. The van der Waals surface area contributed by atoms with Crippen molar-refractivity contribution < 1.29 is 23.9 Å². The average Bonchev–Trinajstić information content (AvgIpc) is 3.02. The van der Waals surface area contributed by atoms with Crippen molar-refractivity contribution in [3.63, 3.8) is 0 Å². The van der Waals surface area contributed by atoms with Gasteiger partial charge in [0.2, 0.25) is 0 Å². The van der Waals surface area contributed by atoms with Crippen LogP contribution in [0.4, 0.5) is 4.79 Å². The van der Waals surface area contributed by atoms with Gasteiger partial charge in [-0.3, -0.25) is 14.5 Å². The largest absolute Gasteiger partial charge is 0.490 e. The molecule has 5 rings (SSSR count). The third kappa shape index (κ3) is 4.01. The Bertz CT molecular complexity index is 1230. The van der Waals surface area contributed by atoms with Crippen molar-refractivity contribution in [2.75, 3.05) is 19.8 Å². The molecule has 0 bridgehead atoms. The lowest BCUT2D eigenvalue weighted by Gasteiger charge is -2.27. The van der Waals surface area contributed by atoms with E-state index in [1.165, 1.54) is 0 Å². The Morgan fingerprint density at radius 2 is 1.56 bits per heavy atom. The van der Waals surface area contributed by atoms with E-state index >= 15 is 0 Å². The van der Waals surface area contributed by atoms with E-state index in [4.69, 9.17) is 9.47 Å². The second kappa shape index (κ2) is 9.02. The summed E-state index contributed by atoms with van der Waals surface area (Å²) in [6.07, 6.45) is 1.03. The first-order chi connectivity index (χ1) is 16.6. The van der Waals surface area contributed by atoms with Gasteiger partial charge in [-0.05, 0) is 29.3 Å². The molecule has 7 nitrogen and oxygen atoms in total. The summed E-state index contributed by atoms with van der Waals surface area (Å²) in [6, 6.07) is 23.0. The summed E-state index contributed by atoms with van der Waals surface area (Å²) in [7, 11) is 0. The van der Waals surface area contributed by atoms with Gasteiger partial charge in [0.25, 0.3) is 5.91 Å². The maximum absolute atomic E-state index is 13.7. The SMILES string of the molecule is O=C(CN1C(=O)N[C@](Cc2ccccc2)(c2ccccc2)C1=O)c1ccc2c(c1)OCCCO2. The third-order valence-electron chi connectivity index (χ3n) is 6.13. The van der Waals surface area contributed by atoms with Crippen molar-refractivity contribution >= 4 is 17.7 Å². The first kappa shape index (κ1) is 21.7. The number of ketones is 1. The fourth-order valence-electron chi connectivity index (χ4n) is 4.38. The number of carbonyl (C=O) groups excluding carboxylic acids is 3. The highest BCUT2D eigenvalue weighted by atomic mass is 16.5. The van der Waals surface area contributed by atoms with E-state index in [1.54, 1.807) is 18.2 Å². The van der Waals surface area contributed by atoms with E-state index in [0.29, 0.717) is 35.8 Å². The minimum atomic E-state index is -1.29. The summed E-state index contributed by atoms with van der Waals surface area (Å²) in [6.45, 7) is 0.677. The number of urea groups is 1. The molecular weight excluding hydrogens is 432 g/mol. The monoisotopic (exact) mass is 456 g/mol. The van der Waals surface area contributed by atoms with E-state index in [0.717, 1.165) is 16.9 Å². The van der Waals surface area contributed by atoms with Crippen LogP contribution in [0.5, 0.6) is 11.5 Å². The molecule has 7 heteroatoms. The molecule has 34 heavy (non-hydrogen) atoms. The first-order valence-electron chi connectivity index (χ1n) is 11.2. The molecule has 0 aliphatic carbocycles. The maximum Gasteiger partial charge on any atom is 0.325 e. The second-order valence-corrected chi connectivity index (χ2v) is 8.39. The zero-order chi connectivity index (χ0) is 23.5. The standard InChI is InChI=1S/C27H24N2O5/c30-22(20-12-13-23-24(16-20)34-15-7-14-33-23)18-29-25(31)27(28-26(29)32,21-10-5-2-6-11-21)17-19-8-3-1-4-9-19/h1-6,8-13,16H,7,14-15,17-18H2,(H,28,32)/t27-/m1/s1. The highest BCUT2D eigenvalue weighted by Gasteiger charge is 2.52. The van der Waals surface area contributed by atoms with Crippen molar-refractivity contribution in [3.8, 4) is 11.5 Å². The number of benzene rings is 3. The number of carbonyl (C=O) groups is 3. The van der Waals surface area contributed by atoms with Crippen LogP contribution in [0.15, 0.2) is 78.9 Å². The van der Waals surface area contributed by atoms with Gasteiger partial charge in [0, 0.05) is 18.4 Å². The number of Topliss-reactive ketones (excluding diaryl/α,β-unsaturated/α-hetero) is 1. The summed E-state index contributed by atoms with van der Waals surface area (Å²) in [5, 5.41) is 2.89. The number of nitrogens with one attached hydrogen (secondary N) is 1. The van der Waals surface area contributed by atoms with Crippen LogP contribution in [-0.4, -0.2) is 42.4 Å². The molecule has 0 spiro atoms. The van der Waals surface area contributed by atoms with Gasteiger partial charge < -0.3 is 14.8 Å². The highest BCUT2D eigenvalue weighted by Crippen LogP contribution is 2.34. The molecule has 0 unspecified atom stereocenters. The topological polar surface area (TPSA) is 84.9 Å². The van der Waals surface area contributed by atoms with Crippen LogP contribution in [0.2, 0.25) is 0 Å². The number of rotatable bonds is 6. The van der Waals surface area contributed by atoms with Crippen LogP contribution in [0.3, 0.4) is 0 Å². The molecular formula is C27H24N2O5. The zero-order valence-electron chi connectivity index (χ0n) is 18.5. The summed E-state index contributed by atoms with van der Waals surface area (Å²) in [4.78, 5) is 40.8. The Morgan fingerprint density at radius 3 is 2.29 bits per heavy atom. The molecule has 2 aliphatic heterocycles. The van der Waals surface area contributed by atoms with E-state index in [2.05, 4.69) is 5.32 Å². The van der Waals surface area contributed by atoms with E-state index < -0.39 is 17.5 Å². The Balaban J connectivity index is 1.43.